The number of amides is 2. The molecule has 10 heteroatoms. The van der Waals surface area contributed by atoms with Gasteiger partial charge in [-0.25, -0.2) is 4.68 Å². The number of carbonyl (C=O) groups is 2. The van der Waals surface area contributed by atoms with Gasteiger partial charge in [-0.3, -0.25) is 14.9 Å². The minimum atomic E-state index is -0.549. The summed E-state index contributed by atoms with van der Waals surface area (Å²) in [5, 5.41) is 10.3. The number of hydrogen-bond donors (Lipinski definition) is 2. The lowest BCUT2D eigenvalue weighted by Gasteiger charge is -2.21. The van der Waals surface area contributed by atoms with Crippen molar-refractivity contribution in [1.82, 2.24) is 14.8 Å². The van der Waals surface area contributed by atoms with Gasteiger partial charge in [0.25, 0.3) is 0 Å². The summed E-state index contributed by atoms with van der Waals surface area (Å²) in [6.45, 7) is 0.519. The number of rotatable bonds is 5. The third-order valence-corrected chi connectivity index (χ3v) is 4.36. The van der Waals surface area contributed by atoms with Crippen LogP contribution in [-0.2, 0) is 27.5 Å². The number of halogens is 2. The van der Waals surface area contributed by atoms with E-state index in [1.165, 1.54) is 7.11 Å². The Bertz CT molecular complexity index is 823. The lowest BCUT2D eigenvalue weighted by atomic mass is 10.0. The van der Waals surface area contributed by atoms with Gasteiger partial charge in [-0.05, 0) is 18.2 Å². The van der Waals surface area contributed by atoms with E-state index in [4.69, 9.17) is 27.9 Å². The lowest BCUT2D eigenvalue weighted by molar-refractivity contribution is -0.125. The molecule has 1 unspecified atom stereocenters. The topological polar surface area (TPSA) is 98.1 Å². The molecule has 1 aliphatic heterocycles. The molecule has 0 bridgehead atoms. The summed E-state index contributed by atoms with van der Waals surface area (Å²) in [5.41, 5.74) is 0.513. The van der Waals surface area contributed by atoms with E-state index >= 15 is 0 Å². The Kier molecular flexibility index (Phi) is 5.22. The largest absolute Gasteiger partial charge is 0.377 e. The number of carbonyl (C=O) groups excluding carboxylic acids is 2. The standard InChI is InChI=1S/C15H15Cl2N5O3/c1-25-7-12-19-15-20-14(24)8(6-22(15)21-12)4-13(23)18-9-2-3-10(16)11(17)5-9/h2-3,5,8H,4,6-7H2,1H3,(H,18,23)(H,19,20,21,24). The van der Waals surface area contributed by atoms with Gasteiger partial charge in [0.15, 0.2) is 5.82 Å². The molecule has 0 saturated heterocycles. The lowest BCUT2D eigenvalue weighted by Crippen LogP contribution is -2.36. The molecule has 2 amide bonds. The maximum Gasteiger partial charge on any atom is 0.232 e. The average Bonchev–Trinajstić information content (AvgIpc) is 2.93. The van der Waals surface area contributed by atoms with Gasteiger partial charge in [0, 0.05) is 19.2 Å². The molecule has 25 heavy (non-hydrogen) atoms. The fraction of sp³-hybridized carbons (Fsp3) is 0.333. The molecule has 0 aliphatic carbocycles. The molecule has 0 radical (unpaired) electrons. The Labute approximate surface area is 153 Å². The number of ether oxygens (including phenoxy) is 1. The highest BCUT2D eigenvalue weighted by molar-refractivity contribution is 6.42. The zero-order chi connectivity index (χ0) is 18.0. The average molecular weight is 384 g/mol. The van der Waals surface area contributed by atoms with Crippen LogP contribution in [0.15, 0.2) is 18.2 Å². The van der Waals surface area contributed by atoms with Crippen molar-refractivity contribution >= 4 is 46.7 Å². The molecule has 132 valence electrons. The van der Waals surface area contributed by atoms with E-state index < -0.39 is 5.92 Å². The first-order valence-electron chi connectivity index (χ1n) is 7.44. The molecular formula is C15H15Cl2N5O3. The molecule has 1 aliphatic rings. The minimum absolute atomic E-state index is 0.00495. The highest BCUT2D eigenvalue weighted by Crippen LogP contribution is 2.26. The van der Waals surface area contributed by atoms with E-state index in [2.05, 4.69) is 20.7 Å². The summed E-state index contributed by atoms with van der Waals surface area (Å²) in [7, 11) is 1.54. The van der Waals surface area contributed by atoms with Gasteiger partial charge in [0.2, 0.25) is 17.8 Å². The van der Waals surface area contributed by atoms with Crippen molar-refractivity contribution in [1.29, 1.82) is 0 Å². The third-order valence-electron chi connectivity index (χ3n) is 3.62. The predicted molar refractivity (Wildman–Crippen MR) is 92.6 cm³/mol. The van der Waals surface area contributed by atoms with Crippen LogP contribution in [0.4, 0.5) is 11.6 Å². The second kappa shape index (κ2) is 7.38. The van der Waals surface area contributed by atoms with Crippen molar-refractivity contribution in [3.63, 3.8) is 0 Å². The van der Waals surface area contributed by atoms with Crippen LogP contribution in [0.3, 0.4) is 0 Å². The molecule has 1 atom stereocenters. The number of hydrogen-bond acceptors (Lipinski definition) is 5. The molecular weight excluding hydrogens is 369 g/mol. The van der Waals surface area contributed by atoms with Crippen LogP contribution in [0.2, 0.25) is 10.0 Å². The van der Waals surface area contributed by atoms with Crippen molar-refractivity contribution in [2.24, 2.45) is 5.92 Å². The van der Waals surface area contributed by atoms with E-state index in [9.17, 15) is 9.59 Å². The van der Waals surface area contributed by atoms with E-state index in [1.807, 2.05) is 0 Å². The molecule has 2 N–H and O–H groups in total. The van der Waals surface area contributed by atoms with Gasteiger partial charge >= 0.3 is 0 Å². The van der Waals surface area contributed by atoms with E-state index in [-0.39, 0.29) is 31.4 Å². The Hall–Kier alpha value is -2.16. The second-order valence-electron chi connectivity index (χ2n) is 5.53. The van der Waals surface area contributed by atoms with Crippen LogP contribution in [0, 0.1) is 5.92 Å². The first-order chi connectivity index (χ1) is 12.0. The number of methoxy groups -OCH3 is 1. The summed E-state index contributed by atoms with van der Waals surface area (Å²) < 4.78 is 6.54. The van der Waals surface area contributed by atoms with Gasteiger partial charge in [0.1, 0.15) is 6.61 Å². The quantitative estimate of drug-likeness (QED) is 0.825. The van der Waals surface area contributed by atoms with E-state index in [0.717, 1.165) is 0 Å². The van der Waals surface area contributed by atoms with Crippen molar-refractivity contribution < 1.29 is 14.3 Å². The Morgan fingerprint density at radius 2 is 2.24 bits per heavy atom. The maximum atomic E-state index is 12.2. The first-order valence-corrected chi connectivity index (χ1v) is 8.20. The summed E-state index contributed by atoms with van der Waals surface area (Å²) in [6.07, 6.45) is 0.00495. The monoisotopic (exact) mass is 383 g/mol. The zero-order valence-electron chi connectivity index (χ0n) is 13.3. The van der Waals surface area contributed by atoms with Crippen LogP contribution >= 0.6 is 23.2 Å². The van der Waals surface area contributed by atoms with Gasteiger partial charge in [-0.1, -0.05) is 23.2 Å². The van der Waals surface area contributed by atoms with Crippen LogP contribution in [-0.4, -0.2) is 33.7 Å². The van der Waals surface area contributed by atoms with E-state index in [0.29, 0.717) is 27.5 Å². The van der Waals surface area contributed by atoms with Crippen molar-refractivity contribution in [3.8, 4) is 0 Å². The molecule has 8 nitrogen and oxygen atoms in total. The minimum Gasteiger partial charge on any atom is -0.377 e. The Morgan fingerprint density at radius 3 is 2.96 bits per heavy atom. The number of benzene rings is 1. The molecule has 1 aromatic carbocycles. The van der Waals surface area contributed by atoms with Crippen molar-refractivity contribution in [2.75, 3.05) is 17.7 Å². The third kappa shape index (κ3) is 4.09. The van der Waals surface area contributed by atoms with Crippen molar-refractivity contribution in [3.05, 3.63) is 34.1 Å². The fourth-order valence-corrected chi connectivity index (χ4v) is 2.77. The highest BCUT2D eigenvalue weighted by atomic mass is 35.5. The molecule has 3 rings (SSSR count). The van der Waals surface area contributed by atoms with Gasteiger partial charge < -0.3 is 10.1 Å². The number of aromatic nitrogens is 3. The number of nitrogens with zero attached hydrogens (tertiary/aromatic N) is 3. The Morgan fingerprint density at radius 1 is 1.44 bits per heavy atom. The van der Waals surface area contributed by atoms with Gasteiger partial charge in [-0.2, -0.15) is 10.1 Å². The normalized spacial score (nSPS) is 16.3. The molecule has 0 spiro atoms. The highest BCUT2D eigenvalue weighted by Gasteiger charge is 2.30. The number of nitrogens with one attached hydrogen (secondary N) is 2. The fourth-order valence-electron chi connectivity index (χ4n) is 2.47. The molecule has 0 saturated carbocycles. The smallest absolute Gasteiger partial charge is 0.232 e. The van der Waals surface area contributed by atoms with Crippen molar-refractivity contribution in [2.45, 2.75) is 19.6 Å². The SMILES string of the molecule is COCc1nc2n(n1)CC(CC(=O)Nc1ccc(Cl)c(Cl)c1)C(=O)N2. The predicted octanol–water partition coefficient (Wildman–Crippen LogP) is 2.33. The molecule has 2 aromatic rings. The summed E-state index contributed by atoms with van der Waals surface area (Å²) >= 11 is 11.8. The van der Waals surface area contributed by atoms with Crippen LogP contribution in [0.1, 0.15) is 12.2 Å². The van der Waals surface area contributed by atoms with E-state index in [1.54, 1.807) is 22.9 Å². The maximum absolute atomic E-state index is 12.2. The first kappa shape index (κ1) is 17.7. The molecule has 0 fully saturated rings. The number of anilines is 2. The molecule has 1 aromatic heterocycles. The summed E-state index contributed by atoms with van der Waals surface area (Å²) in [6, 6.07) is 4.78. The van der Waals surface area contributed by atoms with Crippen LogP contribution in [0.25, 0.3) is 0 Å². The van der Waals surface area contributed by atoms with Crippen LogP contribution < -0.4 is 10.6 Å². The van der Waals surface area contributed by atoms with Gasteiger partial charge in [0.05, 0.1) is 22.5 Å². The zero-order valence-corrected chi connectivity index (χ0v) is 14.8. The Balaban J connectivity index is 1.64. The summed E-state index contributed by atoms with van der Waals surface area (Å²) in [5.74, 6) is -0.295. The molecule has 2 heterocycles. The van der Waals surface area contributed by atoms with Gasteiger partial charge in [-0.15, -0.1) is 0 Å². The number of fused-ring (bicyclic) bond motifs is 1. The van der Waals surface area contributed by atoms with Crippen LogP contribution in [0.5, 0.6) is 0 Å². The summed E-state index contributed by atoms with van der Waals surface area (Å²) in [4.78, 5) is 28.5. The second-order valence-corrected chi connectivity index (χ2v) is 6.35.